The Hall–Kier alpha value is -2.96. The van der Waals surface area contributed by atoms with Crippen molar-refractivity contribution in [1.82, 2.24) is 5.32 Å². The molecule has 0 aliphatic carbocycles. The number of hydrogen-bond donors (Lipinski definition) is 3. The van der Waals surface area contributed by atoms with Crippen LogP contribution in [0.15, 0.2) is 85.1 Å². The summed E-state index contributed by atoms with van der Waals surface area (Å²) in [5, 5.41) is 23.8. The first-order valence-electron chi connectivity index (χ1n) is 27.9. The van der Waals surface area contributed by atoms with Crippen LogP contribution < -0.4 is 5.32 Å². The van der Waals surface area contributed by atoms with Gasteiger partial charge in [0.05, 0.1) is 25.2 Å². The molecule has 3 atom stereocenters. The van der Waals surface area contributed by atoms with E-state index in [0.29, 0.717) is 19.3 Å². The van der Waals surface area contributed by atoms with E-state index in [-0.39, 0.29) is 24.9 Å². The van der Waals surface area contributed by atoms with Crippen LogP contribution in [0.25, 0.3) is 0 Å². The van der Waals surface area contributed by atoms with Crippen molar-refractivity contribution in [3.63, 3.8) is 0 Å². The highest BCUT2D eigenvalue weighted by Crippen LogP contribution is 2.17. The van der Waals surface area contributed by atoms with E-state index < -0.39 is 18.2 Å². The number of unbranched alkanes of at least 4 members (excludes halogenated alkanes) is 28. The van der Waals surface area contributed by atoms with Gasteiger partial charge in [-0.05, 0) is 64.2 Å². The largest absolute Gasteiger partial charge is 0.462 e. The number of aliphatic hydroxyl groups excluding tert-OH is 2. The standard InChI is InChI=1S/C60H105NO5/c1-4-7-10-13-16-19-22-25-27-28-29-30-32-35-38-41-44-47-50-53-60(65)66-56(51-48-45-42-39-36-34-31-26-23-20-17-14-11-8-5-2)54-59(64)61-57(55-62)58(63)52-49-46-43-40-37-33-24-21-18-15-12-9-6-3/h8,11,14,17,20,23,25-27,31,34,36,39,42,56-58,62-63H,4-7,9-10,12-13,15-16,18-19,21-22,24,28-30,32-33,35,37-38,40-41,43-55H2,1-3H3,(H,61,64)/b11-8-,17-14+,23-20+,27-25+,31-26-,36-34+,42-39+. The molecular formula is C60H105NO5. The third kappa shape index (κ3) is 47.5. The number of allylic oxidation sites excluding steroid dienone is 14. The Morgan fingerprint density at radius 2 is 0.848 bits per heavy atom. The van der Waals surface area contributed by atoms with Crippen LogP contribution in [-0.4, -0.2) is 46.9 Å². The zero-order chi connectivity index (χ0) is 48.1. The molecule has 66 heavy (non-hydrogen) atoms. The maximum atomic E-state index is 13.2. The third-order valence-electron chi connectivity index (χ3n) is 12.4. The van der Waals surface area contributed by atoms with Gasteiger partial charge in [-0.1, -0.05) is 266 Å². The lowest BCUT2D eigenvalue weighted by Crippen LogP contribution is -2.46. The highest BCUT2D eigenvalue weighted by Gasteiger charge is 2.24. The number of carbonyl (C=O) groups is 2. The zero-order valence-corrected chi connectivity index (χ0v) is 43.3. The quantitative estimate of drug-likeness (QED) is 0.0245. The second kappa shape index (κ2) is 53.0. The first kappa shape index (κ1) is 63.0. The van der Waals surface area contributed by atoms with Crippen LogP contribution in [0, 0.1) is 0 Å². The molecule has 3 N–H and O–H groups in total. The number of carbonyl (C=O) groups excluding carboxylic acids is 2. The smallest absolute Gasteiger partial charge is 0.306 e. The Balaban J connectivity index is 4.66. The van der Waals surface area contributed by atoms with Crippen LogP contribution in [0.3, 0.4) is 0 Å². The number of amides is 1. The van der Waals surface area contributed by atoms with Crippen molar-refractivity contribution in [3.8, 4) is 0 Å². The summed E-state index contributed by atoms with van der Waals surface area (Å²) in [5.41, 5.74) is 0. The minimum atomic E-state index is -0.812. The van der Waals surface area contributed by atoms with Crippen molar-refractivity contribution in [2.24, 2.45) is 0 Å². The van der Waals surface area contributed by atoms with Gasteiger partial charge in [0.1, 0.15) is 6.10 Å². The molecule has 0 aromatic carbocycles. The van der Waals surface area contributed by atoms with Crippen molar-refractivity contribution in [2.45, 2.75) is 277 Å². The molecule has 6 heteroatoms. The Labute approximate surface area is 408 Å². The Morgan fingerprint density at radius 3 is 1.30 bits per heavy atom. The molecule has 0 rings (SSSR count). The zero-order valence-electron chi connectivity index (χ0n) is 43.3. The Morgan fingerprint density at radius 1 is 0.455 bits per heavy atom. The minimum Gasteiger partial charge on any atom is -0.462 e. The molecule has 380 valence electrons. The number of aliphatic hydroxyl groups is 2. The fourth-order valence-corrected chi connectivity index (χ4v) is 8.17. The van der Waals surface area contributed by atoms with Gasteiger partial charge in [0.2, 0.25) is 5.91 Å². The third-order valence-corrected chi connectivity index (χ3v) is 12.4. The molecule has 0 aromatic rings. The molecule has 0 heterocycles. The van der Waals surface area contributed by atoms with Crippen LogP contribution in [0.4, 0.5) is 0 Å². The van der Waals surface area contributed by atoms with E-state index in [1.165, 1.54) is 154 Å². The van der Waals surface area contributed by atoms with E-state index in [1.54, 1.807) is 0 Å². The number of nitrogens with one attached hydrogen (secondary N) is 1. The lowest BCUT2D eigenvalue weighted by Gasteiger charge is -2.24. The normalized spacial score (nSPS) is 13.8. The Kier molecular flexibility index (Phi) is 50.6. The van der Waals surface area contributed by atoms with E-state index in [2.05, 4.69) is 50.4 Å². The lowest BCUT2D eigenvalue weighted by molar-refractivity contribution is -0.151. The maximum Gasteiger partial charge on any atom is 0.306 e. The van der Waals surface area contributed by atoms with Gasteiger partial charge in [0.25, 0.3) is 0 Å². The summed E-state index contributed by atoms with van der Waals surface area (Å²) in [6, 6.07) is -0.730. The first-order valence-corrected chi connectivity index (χ1v) is 27.9. The van der Waals surface area contributed by atoms with E-state index >= 15 is 0 Å². The molecule has 0 fully saturated rings. The van der Waals surface area contributed by atoms with Gasteiger partial charge in [-0.3, -0.25) is 9.59 Å². The van der Waals surface area contributed by atoms with Gasteiger partial charge in [-0.2, -0.15) is 0 Å². The highest BCUT2D eigenvalue weighted by atomic mass is 16.5. The van der Waals surface area contributed by atoms with Crippen molar-refractivity contribution in [2.75, 3.05) is 6.61 Å². The summed E-state index contributed by atoms with van der Waals surface area (Å²) < 4.78 is 5.91. The number of ether oxygens (including phenoxy) is 1. The van der Waals surface area contributed by atoms with Crippen molar-refractivity contribution < 1.29 is 24.5 Å². The molecule has 3 unspecified atom stereocenters. The number of hydrogen-bond acceptors (Lipinski definition) is 5. The summed E-state index contributed by atoms with van der Waals surface area (Å²) in [7, 11) is 0. The maximum absolute atomic E-state index is 13.2. The van der Waals surface area contributed by atoms with Gasteiger partial charge in [0.15, 0.2) is 0 Å². The molecule has 0 aliphatic rings. The van der Waals surface area contributed by atoms with Gasteiger partial charge in [0, 0.05) is 6.42 Å². The van der Waals surface area contributed by atoms with Gasteiger partial charge in [-0.25, -0.2) is 0 Å². The molecule has 0 aromatic heterocycles. The average molecular weight is 921 g/mol. The van der Waals surface area contributed by atoms with Crippen LogP contribution >= 0.6 is 0 Å². The van der Waals surface area contributed by atoms with E-state index in [0.717, 1.165) is 57.8 Å². The van der Waals surface area contributed by atoms with Crippen LogP contribution in [-0.2, 0) is 14.3 Å². The van der Waals surface area contributed by atoms with Crippen molar-refractivity contribution in [3.05, 3.63) is 85.1 Å². The second-order valence-corrected chi connectivity index (χ2v) is 18.8. The minimum absolute atomic E-state index is 0.0230. The molecule has 0 aliphatic heterocycles. The number of esters is 1. The summed E-state index contributed by atoms with van der Waals surface area (Å²) in [4.78, 5) is 26.2. The second-order valence-electron chi connectivity index (χ2n) is 18.8. The summed E-state index contributed by atoms with van der Waals surface area (Å²) in [6.45, 7) is 6.32. The van der Waals surface area contributed by atoms with Gasteiger partial charge >= 0.3 is 5.97 Å². The molecule has 0 saturated carbocycles. The predicted molar refractivity (Wildman–Crippen MR) is 287 cm³/mol. The monoisotopic (exact) mass is 920 g/mol. The predicted octanol–water partition coefficient (Wildman–Crippen LogP) is 17.1. The topological polar surface area (TPSA) is 95.9 Å². The fraction of sp³-hybridized carbons (Fsp3) is 0.733. The van der Waals surface area contributed by atoms with Crippen LogP contribution in [0.5, 0.6) is 0 Å². The fourth-order valence-electron chi connectivity index (χ4n) is 8.17. The van der Waals surface area contributed by atoms with Crippen LogP contribution in [0.1, 0.15) is 258 Å². The van der Waals surface area contributed by atoms with Crippen molar-refractivity contribution >= 4 is 11.9 Å². The number of rotatable bonds is 49. The molecule has 0 radical (unpaired) electrons. The Bertz CT molecular complexity index is 1260. The summed E-state index contributed by atoms with van der Waals surface area (Å²) in [5.74, 6) is -0.550. The molecule has 1 amide bonds. The van der Waals surface area contributed by atoms with Crippen molar-refractivity contribution in [1.29, 1.82) is 0 Å². The molecular weight excluding hydrogens is 815 g/mol. The summed E-state index contributed by atoms with van der Waals surface area (Å²) >= 11 is 0. The highest BCUT2D eigenvalue weighted by molar-refractivity contribution is 5.77. The van der Waals surface area contributed by atoms with E-state index in [1.807, 2.05) is 60.8 Å². The summed E-state index contributed by atoms with van der Waals surface area (Å²) in [6.07, 6.45) is 69.4. The van der Waals surface area contributed by atoms with E-state index in [4.69, 9.17) is 4.74 Å². The molecule has 0 bridgehead atoms. The van der Waals surface area contributed by atoms with Crippen LogP contribution in [0.2, 0.25) is 0 Å². The van der Waals surface area contributed by atoms with E-state index in [9.17, 15) is 19.8 Å². The molecule has 0 saturated heterocycles. The molecule has 6 nitrogen and oxygen atoms in total. The van der Waals surface area contributed by atoms with Gasteiger partial charge < -0.3 is 20.3 Å². The molecule has 0 spiro atoms. The first-order chi connectivity index (χ1) is 32.5. The lowest BCUT2D eigenvalue weighted by atomic mass is 10.0. The SMILES string of the molecule is CC\C=C/C=C/C=C/C=C\C=C\C=C\CCCC(CC(=O)NC(CO)C(O)CCCCCCCCCCCCCCC)OC(=O)CCCCCCCCCCC/C=C/CCCCCCCC. The average Bonchev–Trinajstić information content (AvgIpc) is 3.31. The van der Waals surface area contributed by atoms with Gasteiger partial charge in [-0.15, -0.1) is 0 Å².